The number of fused-ring (bicyclic) bond motifs is 4. The third-order valence-electron chi connectivity index (χ3n) is 6.85. The predicted molar refractivity (Wildman–Crippen MR) is 148 cm³/mol. The van der Waals surface area contributed by atoms with Crippen molar-refractivity contribution < 1.29 is 27.1 Å². The summed E-state index contributed by atoms with van der Waals surface area (Å²) in [5.74, 6) is 0.977. The molecular formula is C31H28O8. The van der Waals surface area contributed by atoms with Crippen molar-refractivity contribution in [3.63, 3.8) is 0 Å². The van der Waals surface area contributed by atoms with Gasteiger partial charge in [-0.2, -0.15) is 0 Å². The van der Waals surface area contributed by atoms with Gasteiger partial charge in [-0.25, -0.2) is 9.59 Å². The predicted octanol–water partition coefficient (Wildman–Crippen LogP) is 7.58. The Balaban J connectivity index is 0.932. The van der Waals surface area contributed by atoms with E-state index >= 15 is 0 Å². The third-order valence-corrected chi connectivity index (χ3v) is 6.85. The minimum Gasteiger partial charge on any atom is -0.486 e. The quantitative estimate of drug-likeness (QED) is 0.118. The molecule has 0 saturated heterocycles. The largest absolute Gasteiger partial charge is 0.486 e. The van der Waals surface area contributed by atoms with Gasteiger partial charge in [0.2, 0.25) is 11.5 Å². The maximum atomic E-state index is 11.7. The summed E-state index contributed by atoms with van der Waals surface area (Å²) < 4.78 is 34.1. The lowest BCUT2D eigenvalue weighted by Gasteiger charge is -2.09. The fourth-order valence-corrected chi connectivity index (χ4v) is 4.91. The summed E-state index contributed by atoms with van der Waals surface area (Å²) in [4.78, 5) is 23.5. The monoisotopic (exact) mass is 528 g/mol. The second-order valence-electron chi connectivity index (χ2n) is 9.61. The van der Waals surface area contributed by atoms with Crippen LogP contribution < -0.4 is 20.7 Å². The second kappa shape index (κ2) is 11.1. The van der Waals surface area contributed by atoms with E-state index in [2.05, 4.69) is 0 Å². The molecule has 0 aliphatic heterocycles. The van der Waals surface area contributed by atoms with Crippen molar-refractivity contribution in [2.24, 2.45) is 0 Å². The number of unbranched alkanes of at least 4 members (excludes halogenated alkanes) is 6. The molecule has 0 unspecified atom stereocenters. The summed E-state index contributed by atoms with van der Waals surface area (Å²) in [6.07, 6.45) is 10.4. The van der Waals surface area contributed by atoms with E-state index in [9.17, 15) is 9.59 Å². The Bertz CT molecular complexity index is 1720. The van der Waals surface area contributed by atoms with Crippen molar-refractivity contribution in [2.75, 3.05) is 13.2 Å². The number of hydrogen-bond donors (Lipinski definition) is 0. The Morgan fingerprint density at radius 1 is 0.487 bits per heavy atom. The number of benzene rings is 2. The summed E-state index contributed by atoms with van der Waals surface area (Å²) in [6, 6.07) is 13.9. The van der Waals surface area contributed by atoms with E-state index in [-0.39, 0.29) is 0 Å². The van der Waals surface area contributed by atoms with Gasteiger partial charge in [-0.1, -0.05) is 32.1 Å². The molecule has 0 N–H and O–H groups in total. The summed E-state index contributed by atoms with van der Waals surface area (Å²) in [5.41, 5.74) is 1.20. The fourth-order valence-electron chi connectivity index (χ4n) is 4.91. The molecule has 0 atom stereocenters. The molecule has 0 aliphatic carbocycles. The van der Waals surface area contributed by atoms with Crippen LogP contribution in [0.2, 0.25) is 0 Å². The number of ether oxygens (including phenoxy) is 2. The van der Waals surface area contributed by atoms with E-state index in [1.165, 1.54) is 12.1 Å². The molecule has 8 heteroatoms. The Labute approximate surface area is 222 Å². The zero-order chi connectivity index (χ0) is 26.6. The molecule has 0 spiro atoms. The second-order valence-corrected chi connectivity index (χ2v) is 9.61. The van der Waals surface area contributed by atoms with E-state index in [0.29, 0.717) is 47.0 Å². The lowest BCUT2D eigenvalue weighted by molar-refractivity contribution is 0.297. The van der Waals surface area contributed by atoms with E-state index in [1.54, 1.807) is 24.7 Å². The molecule has 39 heavy (non-hydrogen) atoms. The van der Waals surface area contributed by atoms with Crippen LogP contribution in [0.1, 0.15) is 44.9 Å². The lowest BCUT2D eigenvalue weighted by Crippen LogP contribution is -2.01. The van der Waals surface area contributed by atoms with Gasteiger partial charge in [0.1, 0.15) is 0 Å². The van der Waals surface area contributed by atoms with E-state index in [0.717, 1.165) is 66.5 Å². The van der Waals surface area contributed by atoms with Crippen LogP contribution in [0, 0.1) is 0 Å². The minimum absolute atomic E-state index is 0.415. The van der Waals surface area contributed by atoms with Crippen LogP contribution in [-0.2, 0) is 0 Å². The van der Waals surface area contributed by atoms with Crippen LogP contribution in [0.15, 0.2) is 88.3 Å². The Kier molecular flexibility index (Phi) is 7.08. The van der Waals surface area contributed by atoms with Gasteiger partial charge < -0.3 is 27.1 Å². The number of rotatable bonds is 12. The van der Waals surface area contributed by atoms with Crippen LogP contribution in [0.5, 0.6) is 11.5 Å². The number of hydrogen-bond acceptors (Lipinski definition) is 8. The third kappa shape index (κ3) is 5.27. The first-order chi connectivity index (χ1) is 19.2. The lowest BCUT2D eigenvalue weighted by atomic mass is 10.1. The zero-order valence-electron chi connectivity index (χ0n) is 21.4. The molecule has 0 fully saturated rings. The first kappa shape index (κ1) is 24.9. The van der Waals surface area contributed by atoms with Crippen molar-refractivity contribution in [2.45, 2.75) is 44.9 Å². The first-order valence-electron chi connectivity index (χ1n) is 13.3. The molecule has 0 amide bonds. The van der Waals surface area contributed by atoms with Gasteiger partial charge in [-0.3, -0.25) is 0 Å². The first-order valence-corrected chi connectivity index (χ1v) is 13.3. The van der Waals surface area contributed by atoms with Crippen LogP contribution in [-0.4, -0.2) is 13.2 Å². The number of furan rings is 2. The highest BCUT2D eigenvalue weighted by atomic mass is 16.5. The molecule has 0 radical (unpaired) electrons. The highest BCUT2D eigenvalue weighted by Crippen LogP contribution is 2.36. The van der Waals surface area contributed by atoms with Gasteiger partial charge in [0.25, 0.3) is 0 Å². The Hall–Kier alpha value is -4.46. The highest BCUT2D eigenvalue weighted by Gasteiger charge is 2.16. The van der Waals surface area contributed by atoms with Crippen molar-refractivity contribution in [1.82, 2.24) is 0 Å². The average Bonchev–Trinajstić information content (AvgIpc) is 3.60. The maximum absolute atomic E-state index is 11.7. The summed E-state index contributed by atoms with van der Waals surface area (Å²) in [7, 11) is 0. The van der Waals surface area contributed by atoms with Crippen molar-refractivity contribution in [3.05, 3.63) is 81.9 Å². The average molecular weight is 529 g/mol. The normalized spacial score (nSPS) is 11.7. The van der Waals surface area contributed by atoms with Crippen molar-refractivity contribution >= 4 is 43.9 Å². The summed E-state index contributed by atoms with van der Waals surface area (Å²) in [6.45, 7) is 1.04. The summed E-state index contributed by atoms with van der Waals surface area (Å²) in [5, 5.41) is 3.44. The molecule has 4 aromatic heterocycles. The van der Waals surface area contributed by atoms with Crippen LogP contribution in [0.25, 0.3) is 43.9 Å². The molecule has 2 aromatic carbocycles. The van der Waals surface area contributed by atoms with Gasteiger partial charge in [-0.05, 0) is 49.2 Å². The zero-order valence-corrected chi connectivity index (χ0v) is 21.4. The highest BCUT2D eigenvalue weighted by molar-refractivity contribution is 6.00. The van der Waals surface area contributed by atoms with Crippen molar-refractivity contribution in [1.29, 1.82) is 0 Å². The standard InChI is InChI=1S/C31H28O8/c32-24-10-8-20-18-22-12-16-36-26(22)30(28(20)38-24)34-14-6-4-2-1-3-5-7-15-35-31-27-23(13-17-37-27)19-21-9-11-25(33)39-29(21)31/h8-13,16-19H,1-7,14-15H2. The molecule has 0 aliphatic rings. The molecule has 6 aromatic rings. The smallest absolute Gasteiger partial charge is 0.336 e. The Morgan fingerprint density at radius 2 is 0.897 bits per heavy atom. The van der Waals surface area contributed by atoms with Gasteiger partial charge in [0.05, 0.1) is 25.7 Å². The molecule has 200 valence electrons. The molecule has 8 nitrogen and oxygen atoms in total. The van der Waals surface area contributed by atoms with Gasteiger partial charge in [0.15, 0.2) is 22.3 Å². The maximum Gasteiger partial charge on any atom is 0.336 e. The minimum atomic E-state index is -0.415. The van der Waals surface area contributed by atoms with E-state index in [1.807, 2.05) is 24.3 Å². The SMILES string of the molecule is O=c1ccc2cc3ccoc3c(OCCCCCCCCCOc3c4occc4cc4ccc(=O)oc34)c2o1. The van der Waals surface area contributed by atoms with E-state index in [4.69, 9.17) is 27.1 Å². The molecule has 4 heterocycles. The van der Waals surface area contributed by atoms with Crippen LogP contribution in [0.4, 0.5) is 0 Å². The Morgan fingerprint density at radius 3 is 1.36 bits per heavy atom. The molecule has 0 saturated carbocycles. The van der Waals surface area contributed by atoms with E-state index < -0.39 is 11.3 Å². The molecule has 6 rings (SSSR count). The van der Waals surface area contributed by atoms with Gasteiger partial charge in [-0.15, -0.1) is 0 Å². The molecule has 0 bridgehead atoms. The van der Waals surface area contributed by atoms with Crippen LogP contribution in [0.3, 0.4) is 0 Å². The summed E-state index contributed by atoms with van der Waals surface area (Å²) >= 11 is 0. The molecular weight excluding hydrogens is 500 g/mol. The van der Waals surface area contributed by atoms with Gasteiger partial charge in [0, 0.05) is 33.7 Å². The van der Waals surface area contributed by atoms with Gasteiger partial charge >= 0.3 is 11.3 Å². The van der Waals surface area contributed by atoms with Crippen molar-refractivity contribution in [3.8, 4) is 11.5 Å². The topological polar surface area (TPSA) is 105 Å². The fraction of sp³-hybridized carbons (Fsp3) is 0.290. The van der Waals surface area contributed by atoms with Crippen LogP contribution >= 0.6 is 0 Å².